The second kappa shape index (κ2) is 13.4. The molecule has 0 bridgehead atoms. The lowest BCUT2D eigenvalue weighted by Gasteiger charge is -2.36. The molecule has 10 nitrogen and oxygen atoms in total. The van der Waals surface area contributed by atoms with Crippen LogP contribution in [0.3, 0.4) is 0 Å². The zero-order valence-electron chi connectivity index (χ0n) is 22.4. The summed E-state index contributed by atoms with van der Waals surface area (Å²) >= 11 is 0. The SMILES string of the molecule is CCC=CC=C(C)C=CC1=C(C)C(=O)C(OC(=O)CCC(=O)OC[C@H](O)[C@H]2OC(=O)C(O)C2=O)CC1(C)C. The van der Waals surface area contributed by atoms with Crippen LogP contribution in [0.5, 0.6) is 0 Å². The number of ketones is 2. The molecule has 208 valence electrons. The fraction of sp³-hybridized carbons (Fsp3) is 0.536. The van der Waals surface area contributed by atoms with Gasteiger partial charge < -0.3 is 24.4 Å². The smallest absolute Gasteiger partial charge is 0.343 e. The highest BCUT2D eigenvalue weighted by molar-refractivity contribution is 6.09. The molecule has 1 saturated heterocycles. The molecule has 1 aliphatic heterocycles. The highest BCUT2D eigenvalue weighted by Gasteiger charge is 2.46. The van der Waals surface area contributed by atoms with E-state index in [1.807, 2.05) is 51.2 Å². The largest absolute Gasteiger partial charge is 0.463 e. The van der Waals surface area contributed by atoms with Crippen molar-refractivity contribution in [2.45, 2.75) is 84.7 Å². The van der Waals surface area contributed by atoms with Crippen LogP contribution in [0.4, 0.5) is 0 Å². The lowest BCUT2D eigenvalue weighted by atomic mass is 9.71. The predicted octanol–water partition coefficient (Wildman–Crippen LogP) is 2.22. The summed E-state index contributed by atoms with van der Waals surface area (Å²) in [5.74, 6) is -4.13. The Labute approximate surface area is 222 Å². The van der Waals surface area contributed by atoms with Crippen LogP contribution in [0.25, 0.3) is 0 Å². The van der Waals surface area contributed by atoms with Crippen molar-refractivity contribution in [3.63, 3.8) is 0 Å². The third-order valence-corrected chi connectivity index (χ3v) is 6.32. The number of carbonyl (C=O) groups is 5. The average Bonchev–Trinajstić information content (AvgIpc) is 3.11. The van der Waals surface area contributed by atoms with Crippen LogP contribution in [0, 0.1) is 5.41 Å². The number of esters is 3. The van der Waals surface area contributed by atoms with Crippen LogP contribution in [-0.2, 0) is 38.2 Å². The summed E-state index contributed by atoms with van der Waals surface area (Å²) in [5.41, 5.74) is 1.96. The molecule has 10 heteroatoms. The minimum atomic E-state index is -1.98. The zero-order chi connectivity index (χ0) is 28.6. The number of cyclic esters (lactones) is 1. The van der Waals surface area contributed by atoms with Gasteiger partial charge in [-0.25, -0.2) is 4.79 Å². The van der Waals surface area contributed by atoms with E-state index in [4.69, 9.17) is 9.47 Å². The minimum Gasteiger partial charge on any atom is -0.463 e. The van der Waals surface area contributed by atoms with Gasteiger partial charge in [0.25, 0.3) is 0 Å². The Kier molecular flexibility index (Phi) is 10.9. The number of allylic oxidation sites excluding steroid dienone is 7. The summed E-state index contributed by atoms with van der Waals surface area (Å²) in [4.78, 5) is 60.1. The Morgan fingerprint density at radius 3 is 2.45 bits per heavy atom. The lowest BCUT2D eigenvalue weighted by Crippen LogP contribution is -2.39. The molecule has 38 heavy (non-hydrogen) atoms. The zero-order valence-corrected chi connectivity index (χ0v) is 22.4. The van der Waals surface area contributed by atoms with Crippen molar-refractivity contribution in [1.82, 2.24) is 0 Å². The maximum atomic E-state index is 12.9. The number of ether oxygens (including phenoxy) is 3. The molecule has 0 spiro atoms. The van der Waals surface area contributed by atoms with Gasteiger partial charge in [0, 0.05) is 6.42 Å². The van der Waals surface area contributed by atoms with Gasteiger partial charge in [0.05, 0.1) is 12.8 Å². The van der Waals surface area contributed by atoms with E-state index in [1.54, 1.807) is 6.92 Å². The molecule has 1 heterocycles. The molecule has 0 aromatic heterocycles. The van der Waals surface area contributed by atoms with E-state index in [2.05, 4.69) is 11.7 Å². The Bertz CT molecular complexity index is 1080. The van der Waals surface area contributed by atoms with Crippen LogP contribution in [0.1, 0.15) is 60.3 Å². The highest BCUT2D eigenvalue weighted by atomic mass is 16.6. The Morgan fingerprint density at radius 1 is 1.18 bits per heavy atom. The standard InChI is InChI=1S/C28H36O10/c1-6-7-8-9-16(2)10-11-18-17(3)23(32)20(14-28(18,4)5)37-22(31)13-12-21(30)36-15-19(29)26-24(33)25(34)27(35)38-26/h7-11,19-20,25-26,29,34H,6,12-15H2,1-5H3/t19-,20?,25?,26+/m0/s1. The number of aliphatic hydroxyl groups excluding tert-OH is 2. The second-order valence-corrected chi connectivity index (χ2v) is 9.96. The molecule has 0 aromatic rings. The Balaban J connectivity index is 1.89. The van der Waals surface area contributed by atoms with E-state index >= 15 is 0 Å². The van der Waals surface area contributed by atoms with E-state index in [0.717, 1.165) is 17.6 Å². The third kappa shape index (κ3) is 8.06. The van der Waals surface area contributed by atoms with Gasteiger partial charge >= 0.3 is 17.9 Å². The Morgan fingerprint density at radius 2 is 1.84 bits per heavy atom. The first-order chi connectivity index (χ1) is 17.8. The Hall–Kier alpha value is -3.37. The van der Waals surface area contributed by atoms with Crippen molar-refractivity contribution in [3.05, 3.63) is 47.1 Å². The molecule has 4 atom stereocenters. The molecule has 1 aliphatic carbocycles. The van der Waals surface area contributed by atoms with Crippen molar-refractivity contribution >= 4 is 29.5 Å². The van der Waals surface area contributed by atoms with Gasteiger partial charge in [0.15, 0.2) is 18.0 Å². The lowest BCUT2D eigenvalue weighted by molar-refractivity contribution is -0.160. The number of hydrogen-bond donors (Lipinski definition) is 2. The highest BCUT2D eigenvalue weighted by Crippen LogP contribution is 2.40. The van der Waals surface area contributed by atoms with Gasteiger partial charge in [0.2, 0.25) is 11.9 Å². The number of aliphatic hydroxyl groups is 2. The van der Waals surface area contributed by atoms with Crippen LogP contribution in [0.15, 0.2) is 47.1 Å². The monoisotopic (exact) mass is 532 g/mol. The molecule has 2 N–H and O–H groups in total. The van der Waals surface area contributed by atoms with Crippen molar-refractivity contribution in [2.24, 2.45) is 5.41 Å². The van der Waals surface area contributed by atoms with Gasteiger partial charge in [-0.15, -0.1) is 0 Å². The van der Waals surface area contributed by atoms with Crippen molar-refractivity contribution < 1.29 is 48.4 Å². The maximum absolute atomic E-state index is 12.9. The molecule has 0 aromatic carbocycles. The fourth-order valence-electron chi connectivity index (χ4n) is 4.17. The molecule has 2 aliphatic rings. The van der Waals surface area contributed by atoms with E-state index < -0.39 is 66.5 Å². The summed E-state index contributed by atoms with van der Waals surface area (Å²) in [6, 6.07) is 0. The topological polar surface area (TPSA) is 154 Å². The quantitative estimate of drug-likeness (QED) is 0.175. The molecular formula is C28H36O10. The predicted molar refractivity (Wildman–Crippen MR) is 135 cm³/mol. The maximum Gasteiger partial charge on any atom is 0.343 e. The van der Waals surface area contributed by atoms with Crippen molar-refractivity contribution in [2.75, 3.05) is 6.61 Å². The first-order valence-electron chi connectivity index (χ1n) is 12.5. The van der Waals surface area contributed by atoms with Crippen molar-refractivity contribution in [3.8, 4) is 0 Å². The number of hydrogen-bond acceptors (Lipinski definition) is 10. The van der Waals surface area contributed by atoms with E-state index in [-0.39, 0.29) is 18.6 Å². The summed E-state index contributed by atoms with van der Waals surface area (Å²) in [5, 5.41) is 19.2. The summed E-state index contributed by atoms with van der Waals surface area (Å²) in [6.45, 7) is 8.97. The number of carbonyl (C=O) groups excluding carboxylic acids is 5. The average molecular weight is 533 g/mol. The van der Waals surface area contributed by atoms with Crippen molar-refractivity contribution in [1.29, 1.82) is 0 Å². The van der Waals surface area contributed by atoms with E-state index in [1.165, 1.54) is 0 Å². The molecule has 2 rings (SSSR count). The van der Waals surface area contributed by atoms with Gasteiger partial charge in [-0.2, -0.15) is 0 Å². The first-order valence-corrected chi connectivity index (χ1v) is 12.5. The van der Waals surface area contributed by atoms with Gasteiger partial charge in [-0.05, 0) is 36.8 Å². The third-order valence-electron chi connectivity index (χ3n) is 6.32. The fourth-order valence-corrected chi connectivity index (χ4v) is 4.17. The molecule has 2 unspecified atom stereocenters. The van der Waals surface area contributed by atoms with Crippen LogP contribution in [0.2, 0.25) is 0 Å². The molecule has 0 saturated carbocycles. The van der Waals surface area contributed by atoms with Crippen LogP contribution >= 0.6 is 0 Å². The normalized spacial score (nSPS) is 24.8. The number of Topliss-reactive ketones (excluding diaryl/α,β-unsaturated/α-hetero) is 2. The molecule has 0 radical (unpaired) electrons. The summed E-state index contributed by atoms with van der Waals surface area (Å²) in [6.07, 6.45) is 4.08. The van der Waals surface area contributed by atoms with Gasteiger partial charge in [0.1, 0.15) is 12.7 Å². The van der Waals surface area contributed by atoms with E-state index in [9.17, 15) is 34.2 Å². The second-order valence-electron chi connectivity index (χ2n) is 9.96. The summed E-state index contributed by atoms with van der Waals surface area (Å²) in [7, 11) is 0. The summed E-state index contributed by atoms with van der Waals surface area (Å²) < 4.78 is 14.8. The minimum absolute atomic E-state index is 0.281. The molecule has 1 fully saturated rings. The molecular weight excluding hydrogens is 496 g/mol. The van der Waals surface area contributed by atoms with E-state index in [0.29, 0.717) is 5.57 Å². The van der Waals surface area contributed by atoms with Gasteiger partial charge in [-0.3, -0.25) is 19.2 Å². The van der Waals surface area contributed by atoms with Crippen LogP contribution in [-0.4, -0.2) is 70.7 Å². The van der Waals surface area contributed by atoms with Gasteiger partial charge in [-0.1, -0.05) is 56.7 Å². The number of rotatable bonds is 11. The molecule has 0 amide bonds. The first kappa shape index (κ1) is 30.9. The van der Waals surface area contributed by atoms with Crippen LogP contribution < -0.4 is 0 Å².